The van der Waals surface area contributed by atoms with Gasteiger partial charge in [-0.1, -0.05) is 18.2 Å². The van der Waals surface area contributed by atoms with Crippen LogP contribution in [0.3, 0.4) is 0 Å². The summed E-state index contributed by atoms with van der Waals surface area (Å²) in [6, 6.07) is 13.6. The third kappa shape index (κ3) is 7.44. The van der Waals surface area contributed by atoms with Crippen LogP contribution in [0.4, 0.5) is 0 Å². The zero-order valence-electron chi connectivity index (χ0n) is 21.5. The molecule has 2 aromatic carbocycles. The topological polar surface area (TPSA) is 72.5 Å². The van der Waals surface area contributed by atoms with Crippen molar-refractivity contribution in [2.75, 3.05) is 59.2 Å². The zero-order valence-corrected chi connectivity index (χ0v) is 22.4. The summed E-state index contributed by atoms with van der Waals surface area (Å²) in [5.41, 5.74) is 2.41. The van der Waals surface area contributed by atoms with Gasteiger partial charge >= 0.3 is 0 Å². The van der Waals surface area contributed by atoms with E-state index in [0.717, 1.165) is 55.5 Å². The highest BCUT2D eigenvalue weighted by molar-refractivity contribution is 7.80. The van der Waals surface area contributed by atoms with E-state index in [4.69, 9.17) is 31.2 Å². The lowest BCUT2D eigenvalue weighted by Crippen LogP contribution is -2.38. The maximum atomic E-state index is 13.0. The molecule has 0 atom stereocenters. The molecular weight excluding hydrogens is 490 g/mol. The Morgan fingerprint density at radius 2 is 1.70 bits per heavy atom. The molecule has 2 aliphatic heterocycles. The predicted molar refractivity (Wildman–Crippen MR) is 147 cm³/mol. The Balaban J connectivity index is 1.31. The first-order chi connectivity index (χ1) is 18.1. The molecule has 2 fully saturated rings. The van der Waals surface area contributed by atoms with Crippen LogP contribution in [-0.4, -0.2) is 80.0 Å². The third-order valence-electron chi connectivity index (χ3n) is 6.17. The second-order valence-corrected chi connectivity index (χ2v) is 9.10. The number of nitrogens with zero attached hydrogens (tertiary/aromatic N) is 2. The summed E-state index contributed by atoms with van der Waals surface area (Å²) in [5.74, 6) is 2.11. The molecule has 0 radical (unpaired) electrons. The Hall–Kier alpha value is -3.14. The van der Waals surface area contributed by atoms with E-state index in [2.05, 4.69) is 10.2 Å². The minimum absolute atomic E-state index is 0.133. The number of amides is 1. The molecule has 2 aliphatic rings. The number of carbonyl (C=O) groups excluding carboxylic acids is 1. The van der Waals surface area contributed by atoms with Gasteiger partial charge in [0.1, 0.15) is 18.1 Å². The fraction of sp³-hybridized carbons (Fsp3) is 0.429. The number of ether oxygens (including phenoxy) is 4. The third-order valence-corrected chi connectivity index (χ3v) is 6.49. The van der Waals surface area contributed by atoms with Gasteiger partial charge in [0.15, 0.2) is 16.6 Å². The van der Waals surface area contributed by atoms with E-state index in [1.54, 1.807) is 4.90 Å². The van der Waals surface area contributed by atoms with Gasteiger partial charge in [0, 0.05) is 26.2 Å². The average Bonchev–Trinajstić information content (AvgIpc) is 3.17. The summed E-state index contributed by atoms with van der Waals surface area (Å²) in [7, 11) is 0. The van der Waals surface area contributed by atoms with Crippen LogP contribution in [0.15, 0.2) is 48.2 Å². The summed E-state index contributed by atoms with van der Waals surface area (Å²) in [6.07, 6.45) is 2.46. The number of morpholine rings is 1. The van der Waals surface area contributed by atoms with E-state index in [0.29, 0.717) is 49.3 Å². The van der Waals surface area contributed by atoms with E-state index in [1.807, 2.05) is 62.4 Å². The Labute approximate surface area is 224 Å². The number of rotatable bonds is 12. The Morgan fingerprint density at radius 3 is 2.43 bits per heavy atom. The second-order valence-electron chi connectivity index (χ2n) is 8.71. The van der Waals surface area contributed by atoms with Gasteiger partial charge in [0.05, 0.1) is 26.4 Å². The summed E-state index contributed by atoms with van der Waals surface area (Å²) in [4.78, 5) is 17.0. The molecule has 2 heterocycles. The van der Waals surface area contributed by atoms with Crippen molar-refractivity contribution in [2.45, 2.75) is 20.3 Å². The molecule has 4 rings (SSSR count). The highest BCUT2D eigenvalue weighted by Crippen LogP contribution is 2.29. The molecular formula is C28H35N3O5S. The van der Waals surface area contributed by atoms with Gasteiger partial charge in [-0.3, -0.25) is 14.6 Å². The lowest BCUT2D eigenvalue weighted by atomic mass is 10.1. The van der Waals surface area contributed by atoms with Crippen molar-refractivity contribution in [1.82, 2.24) is 15.1 Å². The molecule has 2 saturated heterocycles. The van der Waals surface area contributed by atoms with Crippen molar-refractivity contribution >= 4 is 29.3 Å². The molecule has 9 heteroatoms. The molecule has 2 aromatic rings. The molecule has 0 spiro atoms. The second kappa shape index (κ2) is 13.4. The first-order valence-electron chi connectivity index (χ1n) is 12.8. The van der Waals surface area contributed by atoms with Gasteiger partial charge in [0.25, 0.3) is 5.91 Å². The average molecular weight is 526 g/mol. The van der Waals surface area contributed by atoms with E-state index in [9.17, 15) is 4.79 Å². The van der Waals surface area contributed by atoms with Crippen molar-refractivity contribution in [3.05, 3.63) is 59.3 Å². The number of nitrogens with one attached hydrogen (secondary N) is 1. The molecule has 1 amide bonds. The Bertz CT molecular complexity index is 1100. The fourth-order valence-corrected chi connectivity index (χ4v) is 4.50. The maximum absolute atomic E-state index is 13.0. The van der Waals surface area contributed by atoms with Gasteiger partial charge < -0.3 is 24.3 Å². The quantitative estimate of drug-likeness (QED) is 0.334. The molecule has 198 valence electrons. The number of thiocarbonyl (C=S) groups is 1. The van der Waals surface area contributed by atoms with Gasteiger partial charge in [-0.15, -0.1) is 0 Å². The SMILES string of the molecule is CCOc1ccc(CCN2C(=O)/C(=C\c3ccc(OCCN4CCOCC4)cc3)NC2=S)cc1OCC. The lowest BCUT2D eigenvalue weighted by Gasteiger charge is -2.26. The molecule has 37 heavy (non-hydrogen) atoms. The minimum atomic E-state index is -0.133. The summed E-state index contributed by atoms with van der Waals surface area (Å²) >= 11 is 5.45. The van der Waals surface area contributed by atoms with Crippen LogP contribution >= 0.6 is 12.2 Å². The Kier molecular flexibility index (Phi) is 9.76. The summed E-state index contributed by atoms with van der Waals surface area (Å²) in [6.45, 7) is 10.5. The predicted octanol–water partition coefficient (Wildman–Crippen LogP) is 3.50. The van der Waals surface area contributed by atoms with Crippen molar-refractivity contribution in [3.8, 4) is 17.2 Å². The van der Waals surface area contributed by atoms with Gasteiger partial charge in [-0.05, 0) is 74.0 Å². The number of carbonyl (C=O) groups is 1. The molecule has 0 bridgehead atoms. The van der Waals surface area contributed by atoms with Crippen molar-refractivity contribution in [1.29, 1.82) is 0 Å². The van der Waals surface area contributed by atoms with Gasteiger partial charge in [-0.25, -0.2) is 0 Å². The lowest BCUT2D eigenvalue weighted by molar-refractivity contribution is -0.122. The van der Waals surface area contributed by atoms with Crippen LogP contribution in [0.2, 0.25) is 0 Å². The van der Waals surface area contributed by atoms with Crippen LogP contribution in [0.5, 0.6) is 17.2 Å². The highest BCUT2D eigenvalue weighted by atomic mass is 32.1. The standard InChI is InChI=1S/C28H35N3O5S/c1-3-34-25-10-7-22(20-26(25)35-4-2)11-12-31-27(32)24(29-28(31)37)19-21-5-8-23(9-6-21)36-18-15-30-13-16-33-17-14-30/h5-10,19-20H,3-4,11-18H2,1-2H3,(H,29,37)/b24-19+. The van der Waals surface area contributed by atoms with Crippen LogP contribution in [0.1, 0.15) is 25.0 Å². The van der Waals surface area contributed by atoms with E-state index < -0.39 is 0 Å². The summed E-state index contributed by atoms with van der Waals surface area (Å²) in [5, 5.41) is 3.47. The molecule has 0 unspecified atom stereocenters. The normalized spacial score (nSPS) is 17.2. The maximum Gasteiger partial charge on any atom is 0.276 e. The van der Waals surface area contributed by atoms with Crippen LogP contribution in [0.25, 0.3) is 6.08 Å². The number of hydrogen-bond donors (Lipinski definition) is 1. The van der Waals surface area contributed by atoms with Crippen molar-refractivity contribution in [2.24, 2.45) is 0 Å². The van der Waals surface area contributed by atoms with Crippen LogP contribution in [-0.2, 0) is 16.0 Å². The van der Waals surface area contributed by atoms with Crippen LogP contribution < -0.4 is 19.5 Å². The first kappa shape index (κ1) is 26.9. The summed E-state index contributed by atoms with van der Waals surface area (Å²) < 4.78 is 22.6. The number of hydrogen-bond acceptors (Lipinski definition) is 7. The molecule has 0 saturated carbocycles. The molecule has 0 aliphatic carbocycles. The smallest absolute Gasteiger partial charge is 0.276 e. The van der Waals surface area contributed by atoms with Crippen molar-refractivity contribution in [3.63, 3.8) is 0 Å². The van der Waals surface area contributed by atoms with E-state index >= 15 is 0 Å². The first-order valence-corrected chi connectivity index (χ1v) is 13.2. The van der Waals surface area contributed by atoms with Crippen LogP contribution in [0, 0.1) is 0 Å². The monoisotopic (exact) mass is 525 g/mol. The van der Waals surface area contributed by atoms with Gasteiger partial charge in [0.2, 0.25) is 0 Å². The molecule has 0 aromatic heterocycles. The largest absolute Gasteiger partial charge is 0.492 e. The molecule has 8 nitrogen and oxygen atoms in total. The fourth-order valence-electron chi connectivity index (χ4n) is 4.21. The molecule has 1 N–H and O–H groups in total. The minimum Gasteiger partial charge on any atom is -0.492 e. The van der Waals surface area contributed by atoms with E-state index in [1.165, 1.54) is 0 Å². The zero-order chi connectivity index (χ0) is 26.0. The number of benzene rings is 2. The van der Waals surface area contributed by atoms with Crippen molar-refractivity contribution < 1.29 is 23.7 Å². The van der Waals surface area contributed by atoms with Gasteiger partial charge in [-0.2, -0.15) is 0 Å². The van der Waals surface area contributed by atoms with E-state index in [-0.39, 0.29) is 5.91 Å². The Morgan fingerprint density at radius 1 is 0.973 bits per heavy atom. The highest BCUT2D eigenvalue weighted by Gasteiger charge is 2.30.